The van der Waals surface area contributed by atoms with Gasteiger partial charge in [-0.15, -0.1) is 0 Å². The Hall–Kier alpha value is -2.49. The van der Waals surface area contributed by atoms with Crippen molar-refractivity contribution in [2.45, 2.75) is 25.3 Å². The van der Waals surface area contributed by atoms with Gasteiger partial charge in [0.2, 0.25) is 0 Å². The second-order valence-electron chi connectivity index (χ2n) is 5.59. The summed E-state index contributed by atoms with van der Waals surface area (Å²) in [6.45, 7) is 0.762. The van der Waals surface area contributed by atoms with E-state index in [1.165, 1.54) is 24.0 Å². The van der Waals surface area contributed by atoms with Crippen molar-refractivity contribution in [1.29, 1.82) is 0 Å². The first-order chi connectivity index (χ1) is 10.3. The topological polar surface area (TPSA) is 58.0 Å². The number of oxazole rings is 1. The molecule has 0 bridgehead atoms. The maximum absolute atomic E-state index is 11.1. The Kier molecular flexibility index (Phi) is 2.81. The number of nitrogens with one attached hydrogen (secondary N) is 2. The largest absolute Gasteiger partial charge is 0.417 e. The fraction of sp³-hybridized carbons (Fsp3) is 0.235. The van der Waals surface area contributed by atoms with Gasteiger partial charge in [0.25, 0.3) is 0 Å². The van der Waals surface area contributed by atoms with Gasteiger partial charge in [-0.1, -0.05) is 24.3 Å². The molecule has 4 rings (SSSR count). The Balaban J connectivity index is 1.47. The molecule has 1 aromatic heterocycles. The van der Waals surface area contributed by atoms with Crippen LogP contribution in [0.5, 0.6) is 0 Å². The summed E-state index contributed by atoms with van der Waals surface area (Å²) in [4.78, 5) is 13.8. The molecule has 1 saturated carbocycles. The van der Waals surface area contributed by atoms with E-state index in [4.69, 9.17) is 4.42 Å². The predicted molar refractivity (Wildman–Crippen MR) is 82.6 cm³/mol. The van der Waals surface area contributed by atoms with Crippen LogP contribution in [0.3, 0.4) is 0 Å². The van der Waals surface area contributed by atoms with Crippen LogP contribution in [0.4, 0.5) is 5.69 Å². The van der Waals surface area contributed by atoms with E-state index in [0.717, 1.165) is 18.2 Å². The molecule has 2 aromatic carbocycles. The lowest BCUT2D eigenvalue weighted by Crippen LogP contribution is -1.99. The van der Waals surface area contributed by atoms with Crippen LogP contribution in [0.15, 0.2) is 51.7 Å². The SMILES string of the molecule is O=c1[nH]c2cc(NCc3ccc(C4CC4)cc3)ccc2o1. The summed E-state index contributed by atoms with van der Waals surface area (Å²) < 4.78 is 4.99. The molecule has 0 aliphatic heterocycles. The van der Waals surface area contributed by atoms with Crippen LogP contribution in [0.1, 0.15) is 29.9 Å². The maximum atomic E-state index is 11.1. The maximum Gasteiger partial charge on any atom is 0.417 e. The highest BCUT2D eigenvalue weighted by Crippen LogP contribution is 2.39. The summed E-state index contributed by atoms with van der Waals surface area (Å²) in [7, 11) is 0. The first-order valence-corrected chi connectivity index (χ1v) is 7.23. The van der Waals surface area contributed by atoms with E-state index in [1.54, 1.807) is 6.07 Å². The fourth-order valence-electron chi connectivity index (χ4n) is 2.59. The lowest BCUT2D eigenvalue weighted by molar-refractivity contribution is 0.555. The van der Waals surface area contributed by atoms with Gasteiger partial charge in [0, 0.05) is 12.2 Å². The van der Waals surface area contributed by atoms with Gasteiger partial charge in [-0.05, 0) is 48.1 Å². The molecule has 21 heavy (non-hydrogen) atoms. The molecule has 0 spiro atoms. The van der Waals surface area contributed by atoms with Gasteiger partial charge < -0.3 is 9.73 Å². The molecular formula is C17H16N2O2. The highest BCUT2D eigenvalue weighted by molar-refractivity contribution is 5.76. The Morgan fingerprint density at radius 2 is 1.95 bits per heavy atom. The minimum Gasteiger partial charge on any atom is -0.408 e. The summed E-state index contributed by atoms with van der Waals surface area (Å²) >= 11 is 0. The predicted octanol–water partition coefficient (Wildman–Crippen LogP) is 3.61. The van der Waals surface area contributed by atoms with E-state index in [2.05, 4.69) is 34.6 Å². The fourth-order valence-corrected chi connectivity index (χ4v) is 2.59. The zero-order chi connectivity index (χ0) is 14.2. The molecule has 0 radical (unpaired) electrons. The Labute approximate surface area is 121 Å². The zero-order valence-corrected chi connectivity index (χ0v) is 11.6. The lowest BCUT2D eigenvalue weighted by atomic mass is 10.1. The molecular weight excluding hydrogens is 264 g/mol. The third kappa shape index (κ3) is 2.57. The van der Waals surface area contributed by atoms with Crippen molar-refractivity contribution in [3.8, 4) is 0 Å². The van der Waals surface area contributed by atoms with E-state index in [-0.39, 0.29) is 0 Å². The minimum absolute atomic E-state index is 0.419. The summed E-state index contributed by atoms with van der Waals surface area (Å²) in [5, 5.41) is 3.36. The summed E-state index contributed by atoms with van der Waals surface area (Å²) in [5.41, 5.74) is 4.97. The van der Waals surface area contributed by atoms with Crippen molar-refractivity contribution < 1.29 is 4.42 Å². The highest BCUT2D eigenvalue weighted by Gasteiger charge is 2.22. The summed E-state index contributed by atoms with van der Waals surface area (Å²) in [5.74, 6) is 0.380. The third-order valence-corrected chi connectivity index (χ3v) is 3.94. The first-order valence-electron chi connectivity index (χ1n) is 7.23. The van der Waals surface area contributed by atoms with Crippen molar-refractivity contribution in [2.75, 3.05) is 5.32 Å². The van der Waals surface area contributed by atoms with E-state index in [9.17, 15) is 4.79 Å². The van der Waals surface area contributed by atoms with Crippen molar-refractivity contribution >= 4 is 16.8 Å². The number of benzene rings is 2. The van der Waals surface area contributed by atoms with Gasteiger partial charge in [-0.2, -0.15) is 0 Å². The molecule has 2 N–H and O–H groups in total. The monoisotopic (exact) mass is 280 g/mol. The summed E-state index contributed by atoms with van der Waals surface area (Å²) in [6.07, 6.45) is 2.67. The molecule has 1 fully saturated rings. The smallest absolute Gasteiger partial charge is 0.408 e. The van der Waals surface area contributed by atoms with Gasteiger partial charge in [-0.25, -0.2) is 4.79 Å². The van der Waals surface area contributed by atoms with Gasteiger partial charge in [0.05, 0.1) is 5.52 Å². The Morgan fingerprint density at radius 1 is 1.14 bits per heavy atom. The van der Waals surface area contributed by atoms with Crippen LogP contribution in [0.2, 0.25) is 0 Å². The number of fused-ring (bicyclic) bond motifs is 1. The average molecular weight is 280 g/mol. The molecule has 4 nitrogen and oxygen atoms in total. The lowest BCUT2D eigenvalue weighted by Gasteiger charge is -2.07. The van der Waals surface area contributed by atoms with Crippen LogP contribution in [0, 0.1) is 0 Å². The van der Waals surface area contributed by atoms with Crippen LogP contribution < -0.4 is 11.1 Å². The molecule has 1 aliphatic rings. The van der Waals surface area contributed by atoms with Crippen LogP contribution in [-0.2, 0) is 6.54 Å². The Bertz CT molecular complexity index is 826. The molecule has 4 heteroatoms. The first kappa shape index (κ1) is 12.3. The minimum atomic E-state index is -0.419. The van der Waals surface area contributed by atoms with E-state index < -0.39 is 5.76 Å². The van der Waals surface area contributed by atoms with Crippen LogP contribution in [-0.4, -0.2) is 4.98 Å². The standard InChI is InChI=1S/C17H16N2O2/c20-17-19-15-9-14(7-8-16(15)21-17)18-10-11-1-3-12(4-2-11)13-5-6-13/h1-4,7-9,13,18H,5-6,10H2,(H,19,20). The number of rotatable bonds is 4. The molecule has 0 saturated heterocycles. The highest BCUT2D eigenvalue weighted by atomic mass is 16.4. The van der Waals surface area contributed by atoms with Crippen molar-refractivity contribution in [2.24, 2.45) is 0 Å². The molecule has 0 amide bonds. The molecule has 0 unspecified atom stereocenters. The Morgan fingerprint density at radius 3 is 2.71 bits per heavy atom. The van der Waals surface area contributed by atoms with Crippen LogP contribution in [0.25, 0.3) is 11.1 Å². The van der Waals surface area contributed by atoms with Crippen molar-refractivity contribution in [3.05, 3.63) is 64.1 Å². The van der Waals surface area contributed by atoms with E-state index in [1.807, 2.05) is 12.1 Å². The van der Waals surface area contributed by atoms with Gasteiger partial charge >= 0.3 is 5.76 Å². The van der Waals surface area contributed by atoms with Gasteiger partial charge in [0.1, 0.15) is 0 Å². The van der Waals surface area contributed by atoms with E-state index in [0.29, 0.717) is 11.1 Å². The van der Waals surface area contributed by atoms with Gasteiger partial charge in [0.15, 0.2) is 5.58 Å². The second-order valence-corrected chi connectivity index (χ2v) is 5.59. The number of aromatic nitrogens is 1. The number of anilines is 1. The normalized spacial score (nSPS) is 14.5. The number of hydrogen-bond acceptors (Lipinski definition) is 3. The van der Waals surface area contributed by atoms with Crippen molar-refractivity contribution in [3.63, 3.8) is 0 Å². The molecule has 1 heterocycles. The van der Waals surface area contributed by atoms with Gasteiger partial charge in [-0.3, -0.25) is 4.98 Å². The quantitative estimate of drug-likeness (QED) is 0.767. The molecule has 3 aromatic rings. The number of hydrogen-bond donors (Lipinski definition) is 2. The molecule has 106 valence electrons. The zero-order valence-electron chi connectivity index (χ0n) is 11.6. The van der Waals surface area contributed by atoms with Crippen LogP contribution >= 0.6 is 0 Å². The molecule has 1 aliphatic carbocycles. The van der Waals surface area contributed by atoms with Crippen molar-refractivity contribution in [1.82, 2.24) is 4.98 Å². The third-order valence-electron chi connectivity index (χ3n) is 3.94. The average Bonchev–Trinajstić information content (AvgIpc) is 3.27. The second kappa shape index (κ2) is 4.81. The number of aromatic amines is 1. The molecule has 0 atom stereocenters. The summed E-state index contributed by atoms with van der Waals surface area (Å²) in [6, 6.07) is 14.4. The number of H-pyrrole nitrogens is 1. The van der Waals surface area contributed by atoms with E-state index >= 15 is 0 Å².